The lowest BCUT2D eigenvalue weighted by Gasteiger charge is -2.23. The second-order valence-corrected chi connectivity index (χ2v) is 6.17. The maximum absolute atomic E-state index is 10.8. The Morgan fingerprint density at radius 2 is 1.55 bits per heavy atom. The Balaban J connectivity index is 2.20. The number of carbonyl (C=O) groups is 1. The van der Waals surface area contributed by atoms with E-state index >= 15 is 0 Å². The van der Waals surface area contributed by atoms with Crippen LogP contribution in [0.2, 0.25) is 0 Å². The van der Waals surface area contributed by atoms with Crippen LogP contribution >= 0.6 is 0 Å². The van der Waals surface area contributed by atoms with Crippen molar-refractivity contribution in [1.82, 2.24) is 0 Å². The molecule has 0 atom stereocenters. The number of phenolic OH excluding ortho intramolecular Hbond substituents is 1. The van der Waals surface area contributed by atoms with E-state index in [2.05, 4.69) is 45.0 Å². The fourth-order valence-corrected chi connectivity index (χ4v) is 2.27. The van der Waals surface area contributed by atoms with Gasteiger partial charge in [0.15, 0.2) is 0 Å². The topological polar surface area (TPSA) is 37.3 Å². The summed E-state index contributed by atoms with van der Waals surface area (Å²) in [5, 5.41) is 9.58. The molecule has 0 saturated carbocycles. The Morgan fingerprint density at radius 1 is 0.955 bits per heavy atom. The maximum Gasteiger partial charge on any atom is 0.150 e. The predicted molar refractivity (Wildman–Crippen MR) is 92.2 cm³/mol. The Labute approximate surface area is 132 Å². The lowest BCUT2D eigenvalue weighted by Crippen LogP contribution is -2.14. The first kappa shape index (κ1) is 16.0. The fourth-order valence-electron chi connectivity index (χ4n) is 2.27. The van der Waals surface area contributed by atoms with E-state index in [1.54, 1.807) is 12.1 Å². The monoisotopic (exact) mass is 294 g/mol. The zero-order valence-electron chi connectivity index (χ0n) is 13.3. The van der Waals surface area contributed by atoms with Crippen molar-refractivity contribution in [3.63, 3.8) is 0 Å². The van der Waals surface area contributed by atoms with Gasteiger partial charge in [-0.3, -0.25) is 4.79 Å². The standard InChI is InChI=1S/C20H22O2/c1-4-20(2,3)18-9-7-15(8-10-18)5-6-16-11-17(14-21)13-19(22)12-16/h5-14,22H,4H2,1-3H3. The summed E-state index contributed by atoms with van der Waals surface area (Å²) in [7, 11) is 0. The molecule has 0 radical (unpaired) electrons. The van der Waals surface area contributed by atoms with Gasteiger partial charge in [-0.2, -0.15) is 0 Å². The second-order valence-electron chi connectivity index (χ2n) is 6.17. The van der Waals surface area contributed by atoms with Crippen LogP contribution in [0.3, 0.4) is 0 Å². The smallest absolute Gasteiger partial charge is 0.150 e. The van der Waals surface area contributed by atoms with Gasteiger partial charge in [0.1, 0.15) is 12.0 Å². The number of benzene rings is 2. The van der Waals surface area contributed by atoms with Crippen LogP contribution in [0.4, 0.5) is 0 Å². The Morgan fingerprint density at radius 3 is 2.14 bits per heavy atom. The number of hydrogen-bond acceptors (Lipinski definition) is 2. The van der Waals surface area contributed by atoms with Crippen molar-refractivity contribution < 1.29 is 9.90 Å². The number of aldehydes is 1. The first-order valence-electron chi connectivity index (χ1n) is 7.52. The van der Waals surface area contributed by atoms with E-state index in [1.165, 1.54) is 11.6 Å². The number of phenols is 1. The van der Waals surface area contributed by atoms with Crippen LogP contribution in [0, 0.1) is 0 Å². The van der Waals surface area contributed by atoms with Crippen molar-refractivity contribution in [3.8, 4) is 5.75 Å². The van der Waals surface area contributed by atoms with Crippen molar-refractivity contribution in [2.24, 2.45) is 0 Å². The molecule has 0 saturated heterocycles. The molecule has 22 heavy (non-hydrogen) atoms. The van der Waals surface area contributed by atoms with Gasteiger partial charge >= 0.3 is 0 Å². The van der Waals surface area contributed by atoms with Crippen LogP contribution in [-0.2, 0) is 5.41 Å². The zero-order valence-corrected chi connectivity index (χ0v) is 13.3. The fraction of sp³-hybridized carbons (Fsp3) is 0.250. The molecule has 0 aromatic heterocycles. The SMILES string of the molecule is CCC(C)(C)c1ccc(C=Cc2cc(O)cc(C=O)c2)cc1. The van der Waals surface area contributed by atoms with Crippen LogP contribution in [0.15, 0.2) is 42.5 Å². The molecule has 0 aliphatic heterocycles. The molecular formula is C20H22O2. The zero-order chi connectivity index (χ0) is 16.2. The Bertz CT molecular complexity index is 679. The summed E-state index contributed by atoms with van der Waals surface area (Å²) in [6.07, 6.45) is 5.71. The first-order chi connectivity index (χ1) is 10.4. The second kappa shape index (κ2) is 6.61. The van der Waals surface area contributed by atoms with Crippen LogP contribution < -0.4 is 0 Å². The van der Waals surface area contributed by atoms with E-state index < -0.39 is 0 Å². The molecule has 2 aromatic carbocycles. The van der Waals surface area contributed by atoms with E-state index in [-0.39, 0.29) is 11.2 Å². The minimum absolute atomic E-state index is 0.101. The van der Waals surface area contributed by atoms with Gasteiger partial charge in [0.2, 0.25) is 0 Å². The highest BCUT2D eigenvalue weighted by Crippen LogP contribution is 2.27. The number of carbonyl (C=O) groups excluding carboxylic acids is 1. The molecule has 0 amide bonds. The number of aromatic hydroxyl groups is 1. The van der Waals surface area contributed by atoms with Gasteiger partial charge in [0, 0.05) is 5.56 Å². The van der Waals surface area contributed by atoms with Gasteiger partial charge in [-0.05, 0) is 46.7 Å². The highest BCUT2D eigenvalue weighted by atomic mass is 16.3. The summed E-state index contributed by atoms with van der Waals surface area (Å²) >= 11 is 0. The molecule has 0 aliphatic carbocycles. The molecular weight excluding hydrogens is 272 g/mol. The first-order valence-corrected chi connectivity index (χ1v) is 7.52. The van der Waals surface area contributed by atoms with Gasteiger partial charge in [-0.25, -0.2) is 0 Å². The molecule has 0 fully saturated rings. The Hall–Kier alpha value is -2.35. The molecule has 0 aliphatic rings. The lowest BCUT2D eigenvalue weighted by molar-refractivity contribution is 0.112. The number of hydrogen-bond donors (Lipinski definition) is 1. The van der Waals surface area contributed by atoms with Crippen LogP contribution in [-0.4, -0.2) is 11.4 Å². The average molecular weight is 294 g/mol. The van der Waals surface area contributed by atoms with Gasteiger partial charge in [-0.15, -0.1) is 0 Å². The molecule has 2 heteroatoms. The predicted octanol–water partition coefficient (Wildman–Crippen LogP) is 5.06. The van der Waals surface area contributed by atoms with E-state index in [0.29, 0.717) is 5.56 Å². The van der Waals surface area contributed by atoms with Crippen molar-refractivity contribution >= 4 is 18.4 Å². The molecule has 0 bridgehead atoms. The summed E-state index contributed by atoms with van der Waals surface area (Å²) in [6.45, 7) is 6.68. The summed E-state index contributed by atoms with van der Waals surface area (Å²) in [4.78, 5) is 10.8. The summed E-state index contributed by atoms with van der Waals surface area (Å²) in [6, 6.07) is 13.3. The van der Waals surface area contributed by atoms with Crippen LogP contribution in [0.25, 0.3) is 12.2 Å². The number of rotatable bonds is 5. The van der Waals surface area contributed by atoms with E-state index in [0.717, 1.165) is 23.8 Å². The molecule has 2 aromatic rings. The highest BCUT2D eigenvalue weighted by Gasteiger charge is 2.17. The normalized spacial score (nSPS) is 11.8. The van der Waals surface area contributed by atoms with Crippen molar-refractivity contribution in [2.45, 2.75) is 32.6 Å². The third-order valence-electron chi connectivity index (χ3n) is 4.14. The van der Waals surface area contributed by atoms with E-state index in [4.69, 9.17) is 0 Å². The van der Waals surface area contributed by atoms with Crippen LogP contribution in [0.5, 0.6) is 5.75 Å². The lowest BCUT2D eigenvalue weighted by atomic mass is 9.82. The van der Waals surface area contributed by atoms with Gasteiger partial charge in [-0.1, -0.05) is 57.2 Å². The molecule has 2 rings (SSSR count). The molecule has 1 N–H and O–H groups in total. The average Bonchev–Trinajstić information content (AvgIpc) is 2.52. The van der Waals surface area contributed by atoms with Crippen molar-refractivity contribution in [3.05, 3.63) is 64.7 Å². The largest absolute Gasteiger partial charge is 0.508 e. The van der Waals surface area contributed by atoms with Gasteiger partial charge in [0.05, 0.1) is 0 Å². The summed E-state index contributed by atoms with van der Waals surface area (Å²) in [5.41, 5.74) is 3.88. The third-order valence-corrected chi connectivity index (χ3v) is 4.14. The highest BCUT2D eigenvalue weighted by molar-refractivity contribution is 5.79. The molecule has 2 nitrogen and oxygen atoms in total. The molecule has 0 unspecified atom stereocenters. The van der Waals surface area contributed by atoms with Crippen molar-refractivity contribution in [2.75, 3.05) is 0 Å². The maximum atomic E-state index is 10.8. The third kappa shape index (κ3) is 3.85. The van der Waals surface area contributed by atoms with Crippen molar-refractivity contribution in [1.29, 1.82) is 0 Å². The summed E-state index contributed by atoms with van der Waals surface area (Å²) < 4.78 is 0. The van der Waals surface area contributed by atoms with E-state index in [1.807, 2.05) is 12.2 Å². The van der Waals surface area contributed by atoms with Gasteiger partial charge < -0.3 is 5.11 Å². The Kier molecular flexibility index (Phi) is 4.81. The minimum atomic E-state index is 0.101. The minimum Gasteiger partial charge on any atom is -0.508 e. The van der Waals surface area contributed by atoms with Crippen LogP contribution in [0.1, 0.15) is 54.2 Å². The molecule has 0 heterocycles. The molecule has 114 valence electrons. The van der Waals surface area contributed by atoms with E-state index in [9.17, 15) is 9.90 Å². The van der Waals surface area contributed by atoms with Gasteiger partial charge in [0.25, 0.3) is 0 Å². The summed E-state index contributed by atoms with van der Waals surface area (Å²) in [5.74, 6) is 0.101. The molecule has 0 spiro atoms. The quantitative estimate of drug-likeness (QED) is 0.618.